The van der Waals surface area contributed by atoms with Gasteiger partial charge < -0.3 is 20.1 Å². The summed E-state index contributed by atoms with van der Waals surface area (Å²) < 4.78 is 10.8. The summed E-state index contributed by atoms with van der Waals surface area (Å²) in [6.07, 6.45) is 0. The van der Waals surface area contributed by atoms with Crippen molar-refractivity contribution in [1.29, 1.82) is 0 Å². The van der Waals surface area contributed by atoms with Crippen LogP contribution in [0.2, 0.25) is 0 Å². The number of guanidine groups is 1. The summed E-state index contributed by atoms with van der Waals surface area (Å²) in [6.45, 7) is 12.4. The third-order valence-corrected chi connectivity index (χ3v) is 4.41. The summed E-state index contributed by atoms with van der Waals surface area (Å²) in [5.74, 6) is 2.31. The Hall–Kier alpha value is -1.79. The van der Waals surface area contributed by atoms with Crippen LogP contribution in [0.25, 0.3) is 0 Å². The van der Waals surface area contributed by atoms with Crippen LogP contribution in [-0.4, -0.2) is 63.9 Å². The second-order valence-corrected chi connectivity index (χ2v) is 6.93. The highest BCUT2D eigenvalue weighted by molar-refractivity contribution is 5.79. The molecule has 0 saturated carbocycles. The molecule has 6 nitrogen and oxygen atoms in total. The molecule has 26 heavy (non-hydrogen) atoms. The molecule has 1 aliphatic heterocycles. The zero-order valence-electron chi connectivity index (χ0n) is 16.6. The van der Waals surface area contributed by atoms with Crippen molar-refractivity contribution >= 4 is 5.96 Å². The van der Waals surface area contributed by atoms with Crippen LogP contribution >= 0.6 is 0 Å². The first-order valence-corrected chi connectivity index (χ1v) is 9.62. The highest BCUT2D eigenvalue weighted by Gasteiger charge is 2.23. The fraction of sp³-hybridized carbons (Fsp3) is 0.650. The minimum absolute atomic E-state index is 0.271. The standard InChI is InChI=1S/C20H34N4O2/c1-5-21-20(22-14-16(2)3)23-15-19(24-10-12-26-13-11-24)17-6-8-18(25-4)9-7-17/h6-9,16,19H,5,10-15H2,1-4H3,(H2,21,22,23). The van der Waals surface area contributed by atoms with E-state index in [9.17, 15) is 0 Å². The molecule has 1 aliphatic rings. The molecular formula is C20H34N4O2. The summed E-state index contributed by atoms with van der Waals surface area (Å²) in [4.78, 5) is 7.16. The average Bonchev–Trinajstić information content (AvgIpc) is 2.67. The topological polar surface area (TPSA) is 58.1 Å². The van der Waals surface area contributed by atoms with E-state index in [0.29, 0.717) is 5.92 Å². The predicted molar refractivity (Wildman–Crippen MR) is 107 cm³/mol. The van der Waals surface area contributed by atoms with Gasteiger partial charge in [-0.1, -0.05) is 26.0 Å². The van der Waals surface area contributed by atoms with Gasteiger partial charge in [0, 0.05) is 32.7 Å². The van der Waals surface area contributed by atoms with E-state index < -0.39 is 0 Å². The molecule has 2 N–H and O–H groups in total. The Labute approximate surface area is 158 Å². The molecule has 1 unspecified atom stereocenters. The lowest BCUT2D eigenvalue weighted by Crippen LogP contribution is -2.46. The van der Waals surface area contributed by atoms with Gasteiger partial charge in [-0.05, 0) is 30.5 Å². The lowest BCUT2D eigenvalue weighted by Gasteiger charge is -2.35. The summed E-state index contributed by atoms with van der Waals surface area (Å²) in [5, 5.41) is 6.87. The van der Waals surface area contributed by atoms with E-state index in [4.69, 9.17) is 9.47 Å². The molecule has 1 aromatic carbocycles. The molecule has 0 aromatic heterocycles. The van der Waals surface area contributed by atoms with E-state index in [0.717, 1.165) is 57.6 Å². The number of nitrogens with zero attached hydrogens (tertiary/aromatic N) is 2. The van der Waals surface area contributed by atoms with E-state index in [1.165, 1.54) is 5.56 Å². The van der Waals surface area contributed by atoms with Crippen molar-refractivity contribution < 1.29 is 9.47 Å². The Morgan fingerprint density at radius 3 is 2.46 bits per heavy atom. The van der Waals surface area contributed by atoms with Crippen molar-refractivity contribution in [3.05, 3.63) is 29.8 Å². The van der Waals surface area contributed by atoms with Gasteiger partial charge >= 0.3 is 0 Å². The maximum atomic E-state index is 5.53. The highest BCUT2D eigenvalue weighted by atomic mass is 16.5. The Morgan fingerprint density at radius 2 is 1.88 bits per heavy atom. The number of methoxy groups -OCH3 is 1. The van der Waals surface area contributed by atoms with Gasteiger partial charge in [0.05, 0.1) is 26.4 Å². The summed E-state index contributed by atoms with van der Waals surface area (Å²) >= 11 is 0. The van der Waals surface area contributed by atoms with Crippen molar-refractivity contribution in [3.8, 4) is 5.75 Å². The Morgan fingerprint density at radius 1 is 1.19 bits per heavy atom. The van der Waals surface area contributed by atoms with Crippen LogP contribution in [0.1, 0.15) is 32.4 Å². The van der Waals surface area contributed by atoms with Gasteiger partial charge in [-0.15, -0.1) is 0 Å². The van der Waals surface area contributed by atoms with Crippen LogP contribution in [-0.2, 0) is 4.74 Å². The monoisotopic (exact) mass is 362 g/mol. The van der Waals surface area contributed by atoms with Crippen LogP contribution in [0, 0.1) is 5.92 Å². The Balaban J connectivity index is 2.10. The molecule has 2 rings (SSSR count). The SMILES string of the molecule is CCNC(=NCC(C)C)NCC(c1ccc(OC)cc1)N1CCOCC1. The van der Waals surface area contributed by atoms with Crippen LogP contribution in [0.3, 0.4) is 0 Å². The maximum Gasteiger partial charge on any atom is 0.191 e. The van der Waals surface area contributed by atoms with Crippen LogP contribution in [0.5, 0.6) is 5.75 Å². The van der Waals surface area contributed by atoms with Gasteiger partial charge in [0.15, 0.2) is 5.96 Å². The number of hydrogen-bond acceptors (Lipinski definition) is 4. The van der Waals surface area contributed by atoms with Crippen molar-refractivity contribution in [3.63, 3.8) is 0 Å². The zero-order chi connectivity index (χ0) is 18.8. The molecule has 0 amide bonds. The van der Waals surface area contributed by atoms with Crippen LogP contribution in [0.15, 0.2) is 29.3 Å². The quantitative estimate of drug-likeness (QED) is 0.549. The third kappa shape index (κ3) is 6.50. The van der Waals surface area contributed by atoms with Crippen molar-refractivity contribution in [2.75, 3.05) is 53.0 Å². The summed E-state index contributed by atoms with van der Waals surface area (Å²) in [7, 11) is 1.70. The number of rotatable bonds is 8. The van der Waals surface area contributed by atoms with E-state index in [2.05, 4.69) is 53.4 Å². The molecule has 1 atom stereocenters. The molecule has 6 heteroatoms. The largest absolute Gasteiger partial charge is 0.497 e. The smallest absolute Gasteiger partial charge is 0.191 e. The van der Waals surface area contributed by atoms with E-state index in [-0.39, 0.29) is 6.04 Å². The highest BCUT2D eigenvalue weighted by Crippen LogP contribution is 2.23. The van der Waals surface area contributed by atoms with Crippen LogP contribution in [0.4, 0.5) is 0 Å². The number of hydrogen-bond donors (Lipinski definition) is 2. The molecule has 0 spiro atoms. The summed E-state index contributed by atoms with van der Waals surface area (Å²) in [6, 6.07) is 8.63. The van der Waals surface area contributed by atoms with Crippen LogP contribution < -0.4 is 15.4 Å². The molecule has 1 heterocycles. The number of aliphatic imine (C=N–C) groups is 1. The molecule has 1 fully saturated rings. The number of nitrogens with one attached hydrogen (secondary N) is 2. The van der Waals surface area contributed by atoms with Crippen molar-refractivity contribution in [2.24, 2.45) is 10.9 Å². The predicted octanol–water partition coefficient (Wildman–Crippen LogP) is 2.28. The molecule has 0 aliphatic carbocycles. The van der Waals surface area contributed by atoms with E-state index in [1.54, 1.807) is 7.11 Å². The number of benzene rings is 1. The van der Waals surface area contributed by atoms with E-state index in [1.807, 2.05) is 12.1 Å². The Kier molecular flexibility index (Phi) is 8.71. The average molecular weight is 363 g/mol. The molecule has 0 radical (unpaired) electrons. The first-order valence-electron chi connectivity index (χ1n) is 9.62. The second-order valence-electron chi connectivity index (χ2n) is 6.93. The van der Waals surface area contributed by atoms with Gasteiger partial charge in [0.2, 0.25) is 0 Å². The molecule has 1 aromatic rings. The van der Waals surface area contributed by atoms with Gasteiger partial charge in [-0.25, -0.2) is 0 Å². The second kappa shape index (κ2) is 11.0. The van der Waals surface area contributed by atoms with Crippen molar-refractivity contribution in [1.82, 2.24) is 15.5 Å². The first-order chi connectivity index (χ1) is 12.6. The lowest BCUT2D eigenvalue weighted by molar-refractivity contribution is 0.0170. The van der Waals surface area contributed by atoms with Gasteiger partial charge in [-0.3, -0.25) is 9.89 Å². The van der Waals surface area contributed by atoms with Crippen molar-refractivity contribution in [2.45, 2.75) is 26.8 Å². The normalized spacial score (nSPS) is 17.2. The first kappa shape index (κ1) is 20.5. The number of morpholine rings is 1. The molecule has 1 saturated heterocycles. The minimum Gasteiger partial charge on any atom is -0.497 e. The van der Waals surface area contributed by atoms with Gasteiger partial charge in [-0.2, -0.15) is 0 Å². The molecular weight excluding hydrogens is 328 g/mol. The minimum atomic E-state index is 0.271. The molecule has 146 valence electrons. The third-order valence-electron chi connectivity index (χ3n) is 4.41. The zero-order valence-corrected chi connectivity index (χ0v) is 16.6. The fourth-order valence-corrected chi connectivity index (χ4v) is 2.98. The molecule has 0 bridgehead atoms. The maximum absolute atomic E-state index is 5.53. The van der Waals surface area contributed by atoms with E-state index >= 15 is 0 Å². The summed E-state index contributed by atoms with van der Waals surface area (Å²) in [5.41, 5.74) is 1.28. The number of ether oxygens (including phenoxy) is 2. The van der Waals surface area contributed by atoms with Gasteiger partial charge in [0.1, 0.15) is 5.75 Å². The van der Waals surface area contributed by atoms with Gasteiger partial charge in [0.25, 0.3) is 0 Å². The lowest BCUT2D eigenvalue weighted by atomic mass is 10.0. The Bertz CT molecular complexity index is 539. The fourth-order valence-electron chi connectivity index (χ4n) is 2.98.